The summed E-state index contributed by atoms with van der Waals surface area (Å²) in [5, 5.41) is 0. The van der Waals surface area contributed by atoms with Gasteiger partial charge in [0.25, 0.3) is 0 Å². The molecule has 0 fully saturated rings. The summed E-state index contributed by atoms with van der Waals surface area (Å²) in [6.45, 7) is 9.18. The predicted octanol–water partition coefficient (Wildman–Crippen LogP) is 2.43. The molecule has 14 heavy (non-hydrogen) atoms. The highest BCUT2D eigenvalue weighted by molar-refractivity contribution is 6.66. The molecule has 0 spiro atoms. The molecule has 0 aliphatic carbocycles. The number of hydrogen-bond acceptors (Lipinski definition) is 3. The van der Waals surface area contributed by atoms with Crippen molar-refractivity contribution in [2.24, 2.45) is 0 Å². The summed E-state index contributed by atoms with van der Waals surface area (Å²) in [4.78, 5) is 2.07. The van der Waals surface area contributed by atoms with Gasteiger partial charge in [0.15, 0.2) is 0 Å². The first kappa shape index (κ1) is 14.1. The minimum Gasteiger partial charge on any atom is -0.395 e. The predicted molar refractivity (Wildman–Crippen MR) is 62.6 cm³/mol. The van der Waals surface area contributed by atoms with Gasteiger partial charge in [-0.25, -0.2) is 0 Å². The third-order valence-corrected chi connectivity index (χ3v) is 5.45. The molecule has 3 nitrogen and oxygen atoms in total. The van der Waals surface area contributed by atoms with Gasteiger partial charge >= 0.3 is 8.56 Å². The molecule has 0 aromatic rings. The molecule has 0 aromatic carbocycles. The smallest absolute Gasteiger partial charge is 0.336 e. The van der Waals surface area contributed by atoms with Crippen molar-refractivity contribution in [3.05, 3.63) is 0 Å². The first-order chi connectivity index (χ1) is 6.45. The Morgan fingerprint density at radius 2 is 1.86 bits per heavy atom. The second kappa shape index (κ2) is 6.56. The second-order valence-electron chi connectivity index (χ2n) is 4.00. The van der Waals surface area contributed by atoms with E-state index < -0.39 is 8.56 Å². The fourth-order valence-corrected chi connectivity index (χ4v) is 4.17. The second-order valence-corrected chi connectivity index (χ2v) is 7.29. The Morgan fingerprint density at radius 3 is 2.21 bits per heavy atom. The van der Waals surface area contributed by atoms with Crippen LogP contribution < -0.4 is 0 Å². The first-order valence-corrected chi connectivity index (χ1v) is 7.95. The van der Waals surface area contributed by atoms with E-state index in [4.69, 9.17) is 8.85 Å². The largest absolute Gasteiger partial charge is 0.395 e. The van der Waals surface area contributed by atoms with Crippen molar-refractivity contribution in [3.63, 3.8) is 0 Å². The van der Waals surface area contributed by atoms with Crippen molar-refractivity contribution in [2.75, 3.05) is 20.7 Å². The average molecular weight is 219 g/mol. The van der Waals surface area contributed by atoms with Crippen LogP contribution in [0, 0.1) is 0 Å². The SMILES string of the molecule is CCC[Si](C)(OCC)OC(C)N(C)C. The Kier molecular flexibility index (Phi) is 6.60. The number of hydrogen-bond donors (Lipinski definition) is 0. The summed E-state index contributed by atoms with van der Waals surface area (Å²) in [7, 11) is 2.13. The summed E-state index contributed by atoms with van der Waals surface area (Å²) in [5.74, 6) is 0. The van der Waals surface area contributed by atoms with Gasteiger partial charge < -0.3 is 8.85 Å². The van der Waals surface area contributed by atoms with Crippen molar-refractivity contribution in [1.29, 1.82) is 0 Å². The standard InChI is InChI=1S/C10H25NO2Si/c1-7-9-14(6,12-8-2)13-10(3)11(4)5/h10H,7-9H2,1-6H3. The van der Waals surface area contributed by atoms with E-state index in [0.717, 1.165) is 19.1 Å². The van der Waals surface area contributed by atoms with Gasteiger partial charge in [-0.05, 0) is 40.5 Å². The molecule has 0 aliphatic heterocycles. The molecule has 86 valence electrons. The van der Waals surface area contributed by atoms with Gasteiger partial charge in [-0.15, -0.1) is 0 Å². The van der Waals surface area contributed by atoms with Crippen molar-refractivity contribution < 1.29 is 8.85 Å². The van der Waals surface area contributed by atoms with E-state index in [-0.39, 0.29) is 6.23 Å². The quantitative estimate of drug-likeness (QED) is 0.485. The molecule has 0 saturated heterocycles. The molecule has 0 bridgehead atoms. The Labute approximate surface area is 89.6 Å². The fraction of sp³-hybridized carbons (Fsp3) is 1.00. The normalized spacial score (nSPS) is 18.2. The summed E-state index contributed by atoms with van der Waals surface area (Å²) in [5.41, 5.74) is 0. The van der Waals surface area contributed by atoms with E-state index in [1.807, 2.05) is 21.0 Å². The van der Waals surface area contributed by atoms with Gasteiger partial charge in [0.05, 0.1) is 6.23 Å². The van der Waals surface area contributed by atoms with E-state index in [0.29, 0.717) is 0 Å². The lowest BCUT2D eigenvalue weighted by molar-refractivity contribution is 0.0383. The molecule has 0 rings (SSSR count). The maximum atomic E-state index is 6.02. The van der Waals surface area contributed by atoms with Crippen molar-refractivity contribution in [3.8, 4) is 0 Å². The molecule has 0 aliphatic rings. The lowest BCUT2D eigenvalue weighted by atomic mass is 10.6. The van der Waals surface area contributed by atoms with Gasteiger partial charge in [-0.1, -0.05) is 13.3 Å². The number of rotatable bonds is 7. The van der Waals surface area contributed by atoms with E-state index in [1.165, 1.54) is 0 Å². The van der Waals surface area contributed by atoms with Crippen LogP contribution in [-0.2, 0) is 8.85 Å². The highest BCUT2D eigenvalue weighted by atomic mass is 28.4. The van der Waals surface area contributed by atoms with Crippen molar-refractivity contribution in [1.82, 2.24) is 4.90 Å². The van der Waals surface area contributed by atoms with Crippen LogP contribution in [0.5, 0.6) is 0 Å². The van der Waals surface area contributed by atoms with Crippen LogP contribution in [0.15, 0.2) is 0 Å². The summed E-state index contributed by atoms with van der Waals surface area (Å²) >= 11 is 0. The third kappa shape index (κ3) is 5.10. The summed E-state index contributed by atoms with van der Waals surface area (Å²) in [6, 6.07) is 1.07. The van der Waals surface area contributed by atoms with Crippen LogP contribution >= 0.6 is 0 Å². The van der Waals surface area contributed by atoms with Gasteiger partial charge in [0.2, 0.25) is 0 Å². The molecule has 0 N–H and O–H groups in total. The van der Waals surface area contributed by atoms with Crippen LogP contribution in [0.1, 0.15) is 27.2 Å². The van der Waals surface area contributed by atoms with Crippen LogP contribution in [0.4, 0.5) is 0 Å². The zero-order valence-electron chi connectivity index (χ0n) is 10.5. The van der Waals surface area contributed by atoms with Crippen LogP contribution in [0.25, 0.3) is 0 Å². The first-order valence-electron chi connectivity index (χ1n) is 5.43. The van der Waals surface area contributed by atoms with E-state index >= 15 is 0 Å². The lowest BCUT2D eigenvalue weighted by Crippen LogP contribution is -2.45. The van der Waals surface area contributed by atoms with E-state index in [1.54, 1.807) is 0 Å². The monoisotopic (exact) mass is 219 g/mol. The molecule has 0 radical (unpaired) electrons. The molecular weight excluding hydrogens is 194 g/mol. The van der Waals surface area contributed by atoms with Crippen LogP contribution in [-0.4, -0.2) is 40.4 Å². The van der Waals surface area contributed by atoms with Crippen molar-refractivity contribution >= 4 is 8.56 Å². The Bertz CT molecular complexity index is 147. The molecule has 0 saturated carbocycles. The molecule has 0 amide bonds. The summed E-state index contributed by atoms with van der Waals surface area (Å²) < 4.78 is 11.8. The molecule has 2 unspecified atom stereocenters. The van der Waals surface area contributed by atoms with Gasteiger partial charge in [-0.2, -0.15) is 0 Å². The highest BCUT2D eigenvalue weighted by Crippen LogP contribution is 2.18. The molecule has 2 atom stereocenters. The minimum atomic E-state index is -1.92. The fourth-order valence-electron chi connectivity index (χ4n) is 1.39. The third-order valence-electron chi connectivity index (χ3n) is 2.30. The van der Waals surface area contributed by atoms with Gasteiger partial charge in [0.1, 0.15) is 0 Å². The van der Waals surface area contributed by atoms with E-state index in [9.17, 15) is 0 Å². The Balaban J connectivity index is 4.20. The zero-order chi connectivity index (χ0) is 11.2. The van der Waals surface area contributed by atoms with Crippen molar-refractivity contribution in [2.45, 2.75) is 46.0 Å². The minimum absolute atomic E-state index is 0.143. The average Bonchev–Trinajstić information content (AvgIpc) is 2.04. The van der Waals surface area contributed by atoms with Gasteiger partial charge in [0, 0.05) is 6.61 Å². The molecule has 0 aromatic heterocycles. The summed E-state index contributed by atoms with van der Waals surface area (Å²) in [6.07, 6.45) is 1.27. The number of nitrogens with zero attached hydrogens (tertiary/aromatic N) is 1. The zero-order valence-corrected chi connectivity index (χ0v) is 11.5. The molecular formula is C10H25NO2Si. The molecule has 0 heterocycles. The maximum Gasteiger partial charge on any atom is 0.336 e. The topological polar surface area (TPSA) is 21.7 Å². The highest BCUT2D eigenvalue weighted by Gasteiger charge is 2.32. The Morgan fingerprint density at radius 1 is 1.29 bits per heavy atom. The molecule has 4 heteroatoms. The Hall–Kier alpha value is 0.0969. The van der Waals surface area contributed by atoms with Crippen LogP contribution in [0.3, 0.4) is 0 Å². The van der Waals surface area contributed by atoms with Gasteiger partial charge in [-0.3, -0.25) is 4.90 Å². The van der Waals surface area contributed by atoms with Crippen LogP contribution in [0.2, 0.25) is 12.6 Å². The lowest BCUT2D eigenvalue weighted by Gasteiger charge is -2.32. The maximum absolute atomic E-state index is 6.02. The van der Waals surface area contributed by atoms with E-state index in [2.05, 4.69) is 25.3 Å².